The molecule has 4 aliphatic rings. The Morgan fingerprint density at radius 2 is 0.730 bits per heavy atom. The zero-order valence-electron chi connectivity index (χ0n) is 43.2. The fraction of sp³-hybridized carbons (Fsp3) is 0.538. The molecule has 4 aromatic rings. The third kappa shape index (κ3) is 27.6. The van der Waals surface area contributed by atoms with Crippen LogP contribution in [-0.2, 0) is 33.5 Å². The molecule has 20 nitrogen and oxygen atoms in total. The van der Waals surface area contributed by atoms with Crippen molar-refractivity contribution in [3.63, 3.8) is 0 Å². The molecule has 0 aromatic heterocycles. The van der Waals surface area contributed by atoms with Crippen LogP contribution < -0.4 is 59.6 Å². The number of benzene rings is 4. The number of hydrogen-bond donors (Lipinski definition) is 5. The van der Waals surface area contributed by atoms with Gasteiger partial charge in [0.1, 0.15) is 50.8 Å². The highest BCUT2D eigenvalue weighted by atomic mass is 35.5. The van der Waals surface area contributed by atoms with Gasteiger partial charge in [-0.1, -0.05) is 48.5 Å². The standard InChI is InChI=1S/3C13H19NO3.C11H14O3.C2H7NO4S.ClH/c3*1-2-15-12-5-3-4-6-13(12)17-10-11-9-14-7-8-16-11;1-2-12-10-5-3-4-6-11(10)14-8-9-7-13-9;3-1-2-7-8(4,5)6;/h3*3-6,11,14H,2,7-10H2,1H3;3-6,9H,2,7-8H2,1H3;1-3H2,(H,4,5,6);1H. The predicted molar refractivity (Wildman–Crippen MR) is 284 cm³/mol. The van der Waals surface area contributed by atoms with E-state index in [9.17, 15) is 8.42 Å². The van der Waals surface area contributed by atoms with Crippen molar-refractivity contribution in [3.8, 4) is 46.0 Å². The Labute approximate surface area is 443 Å². The van der Waals surface area contributed by atoms with Gasteiger partial charge in [0.05, 0.1) is 59.5 Å². The maximum atomic E-state index is 9.67. The molecule has 8 rings (SSSR count). The molecule has 4 aromatic carbocycles. The lowest BCUT2D eigenvalue weighted by Crippen LogP contribution is -2.41. The Morgan fingerprint density at radius 1 is 0.473 bits per heavy atom. The molecule has 4 fully saturated rings. The van der Waals surface area contributed by atoms with Crippen LogP contribution in [-0.4, -0.2) is 169 Å². The van der Waals surface area contributed by atoms with E-state index in [4.69, 9.17) is 67.1 Å². The lowest BCUT2D eigenvalue weighted by atomic mass is 10.3. The van der Waals surface area contributed by atoms with E-state index in [1.54, 1.807) is 0 Å². The van der Waals surface area contributed by atoms with Gasteiger partial charge in [0, 0.05) is 45.8 Å². The van der Waals surface area contributed by atoms with Crippen molar-refractivity contribution >= 4 is 22.8 Å². The minimum atomic E-state index is -4.27. The molecule has 4 aliphatic heterocycles. The second kappa shape index (κ2) is 38.6. The van der Waals surface area contributed by atoms with Gasteiger partial charge in [-0.25, -0.2) is 4.18 Å². The van der Waals surface area contributed by atoms with Crippen molar-refractivity contribution in [2.45, 2.75) is 52.1 Å². The first-order valence-electron chi connectivity index (χ1n) is 24.9. The number of epoxide rings is 1. The van der Waals surface area contributed by atoms with Crippen LogP contribution in [0.3, 0.4) is 0 Å². The molecule has 74 heavy (non-hydrogen) atoms. The third-order valence-corrected chi connectivity index (χ3v) is 10.5. The predicted octanol–water partition coefficient (Wildman–Crippen LogP) is 5.41. The van der Waals surface area contributed by atoms with Gasteiger partial charge in [0.15, 0.2) is 46.0 Å². The number of hydrogen-bond acceptors (Lipinski definition) is 19. The maximum Gasteiger partial charge on any atom is 0.397 e. The lowest BCUT2D eigenvalue weighted by Gasteiger charge is -2.24. The minimum absolute atomic E-state index is 0. The number of halogens is 1. The number of nitrogens with two attached hydrogens (primary N) is 1. The largest absolute Gasteiger partial charge is 0.490 e. The van der Waals surface area contributed by atoms with Gasteiger partial charge in [-0.15, -0.1) is 12.4 Å². The van der Waals surface area contributed by atoms with Crippen LogP contribution in [0.2, 0.25) is 0 Å². The first-order chi connectivity index (χ1) is 35.7. The van der Waals surface area contributed by atoms with Crippen molar-refractivity contribution in [1.29, 1.82) is 0 Å². The normalized spacial score (nSPS) is 18.6. The van der Waals surface area contributed by atoms with Gasteiger partial charge in [-0.2, -0.15) is 8.42 Å². The molecule has 0 spiro atoms. The molecule has 4 atom stereocenters. The third-order valence-electron chi connectivity index (χ3n) is 10.1. The van der Waals surface area contributed by atoms with E-state index in [2.05, 4.69) is 20.1 Å². The summed E-state index contributed by atoms with van der Waals surface area (Å²) in [5, 5.41) is 9.82. The van der Waals surface area contributed by atoms with Gasteiger partial charge in [-0.05, 0) is 76.2 Å². The second-order valence-electron chi connectivity index (χ2n) is 15.8. The smallest absolute Gasteiger partial charge is 0.397 e. The molecule has 4 heterocycles. The number of rotatable bonds is 23. The Bertz CT molecular complexity index is 1990. The molecule has 416 valence electrons. The van der Waals surface area contributed by atoms with E-state index < -0.39 is 10.4 Å². The summed E-state index contributed by atoms with van der Waals surface area (Å²) in [5.74, 6) is 6.31. The Kier molecular flexibility index (Phi) is 33.1. The summed E-state index contributed by atoms with van der Waals surface area (Å²) >= 11 is 0. The zero-order valence-corrected chi connectivity index (χ0v) is 44.8. The van der Waals surface area contributed by atoms with Gasteiger partial charge < -0.3 is 78.5 Å². The fourth-order valence-corrected chi connectivity index (χ4v) is 6.91. The molecule has 22 heteroatoms. The van der Waals surface area contributed by atoms with Crippen molar-refractivity contribution < 1.29 is 74.0 Å². The maximum absolute atomic E-state index is 9.67. The molecular formula is C52H79ClN4O16S. The van der Waals surface area contributed by atoms with Crippen molar-refractivity contribution in [2.24, 2.45) is 5.73 Å². The van der Waals surface area contributed by atoms with Gasteiger partial charge in [-0.3, -0.25) is 4.55 Å². The van der Waals surface area contributed by atoms with Crippen LogP contribution in [0.5, 0.6) is 46.0 Å². The van der Waals surface area contributed by atoms with Crippen LogP contribution in [0.15, 0.2) is 97.1 Å². The van der Waals surface area contributed by atoms with Crippen molar-refractivity contribution in [3.05, 3.63) is 97.1 Å². The minimum Gasteiger partial charge on any atom is -0.490 e. The fourth-order valence-electron chi connectivity index (χ4n) is 6.61. The highest BCUT2D eigenvalue weighted by Gasteiger charge is 2.24. The van der Waals surface area contributed by atoms with Gasteiger partial charge >= 0.3 is 10.4 Å². The molecule has 0 aliphatic carbocycles. The number of morpholine rings is 3. The monoisotopic (exact) mass is 1080 g/mol. The second-order valence-corrected chi connectivity index (χ2v) is 16.9. The number of ether oxygens (including phenoxy) is 12. The van der Waals surface area contributed by atoms with E-state index in [1.165, 1.54) is 0 Å². The Balaban J connectivity index is 0.000000248. The molecule has 6 N–H and O–H groups in total. The SMILES string of the molecule is CCOc1ccccc1OCC1CNCCO1.CCOc1ccccc1OCC1CNCCO1.CCOc1ccccc1OCC1CNCCO1.CCOc1ccccc1OCC1CO1.Cl.NCCOS(=O)(=O)O. The molecule has 0 radical (unpaired) electrons. The van der Waals surface area contributed by atoms with Crippen LogP contribution >= 0.6 is 12.4 Å². The van der Waals surface area contributed by atoms with E-state index in [-0.39, 0.29) is 50.0 Å². The summed E-state index contributed by atoms with van der Waals surface area (Å²) in [6.45, 7) is 21.0. The van der Waals surface area contributed by atoms with Crippen LogP contribution in [0.4, 0.5) is 0 Å². The number of nitrogens with one attached hydrogen (secondary N) is 3. The summed E-state index contributed by atoms with van der Waals surface area (Å²) in [5.41, 5.74) is 4.84. The topological polar surface area (TPSA) is 240 Å². The summed E-state index contributed by atoms with van der Waals surface area (Å²) in [4.78, 5) is 0. The highest BCUT2D eigenvalue weighted by molar-refractivity contribution is 7.80. The van der Waals surface area contributed by atoms with Crippen LogP contribution in [0, 0.1) is 0 Å². The summed E-state index contributed by atoms with van der Waals surface area (Å²) in [7, 11) is -4.27. The quantitative estimate of drug-likeness (QED) is 0.0461. The average molecular weight is 1080 g/mol. The molecule has 0 saturated carbocycles. The molecule has 0 amide bonds. The first kappa shape index (κ1) is 63.4. The van der Waals surface area contributed by atoms with E-state index in [0.29, 0.717) is 52.9 Å². The zero-order chi connectivity index (χ0) is 52.2. The molecule has 4 unspecified atom stereocenters. The summed E-state index contributed by atoms with van der Waals surface area (Å²) < 4.78 is 97.4. The highest BCUT2D eigenvalue weighted by Crippen LogP contribution is 2.29. The Morgan fingerprint density at radius 3 is 0.919 bits per heavy atom. The van der Waals surface area contributed by atoms with E-state index in [1.807, 2.05) is 125 Å². The van der Waals surface area contributed by atoms with E-state index in [0.717, 1.165) is 112 Å². The van der Waals surface area contributed by atoms with Crippen LogP contribution in [0.1, 0.15) is 27.7 Å². The van der Waals surface area contributed by atoms with Gasteiger partial charge in [0.2, 0.25) is 0 Å². The van der Waals surface area contributed by atoms with Crippen LogP contribution in [0.25, 0.3) is 0 Å². The molecular weight excluding hydrogens is 1000 g/mol. The molecule has 4 saturated heterocycles. The van der Waals surface area contributed by atoms with Gasteiger partial charge in [0.25, 0.3) is 0 Å². The average Bonchev–Trinajstić information content (AvgIpc) is 4.26. The summed E-state index contributed by atoms with van der Waals surface area (Å²) in [6.07, 6.45) is 0.653. The van der Waals surface area contributed by atoms with Crippen molar-refractivity contribution in [2.75, 3.05) is 132 Å². The Hall–Kier alpha value is -4.88. The van der Waals surface area contributed by atoms with Crippen molar-refractivity contribution in [1.82, 2.24) is 16.0 Å². The summed E-state index contributed by atoms with van der Waals surface area (Å²) in [6, 6.07) is 30.8. The lowest BCUT2D eigenvalue weighted by molar-refractivity contribution is -0.000389. The van der Waals surface area contributed by atoms with E-state index >= 15 is 0 Å². The first-order valence-corrected chi connectivity index (χ1v) is 26.3. The molecule has 0 bridgehead atoms. The number of para-hydroxylation sites is 8.